The summed E-state index contributed by atoms with van der Waals surface area (Å²) in [6.45, 7) is 5.13. The van der Waals surface area contributed by atoms with E-state index < -0.39 is 0 Å². The fraction of sp³-hybridized carbons (Fsp3) is 0.538. The molecule has 1 saturated heterocycles. The summed E-state index contributed by atoms with van der Waals surface area (Å²) >= 11 is 3.40. The van der Waals surface area contributed by atoms with Crippen molar-refractivity contribution in [2.24, 2.45) is 0 Å². The minimum atomic E-state index is -0.183. The Labute approximate surface area is 115 Å². The molecule has 18 heavy (non-hydrogen) atoms. The number of carbonyl (C=O) groups is 1. The van der Waals surface area contributed by atoms with Crippen molar-refractivity contribution in [2.45, 2.75) is 32.7 Å². The van der Waals surface area contributed by atoms with E-state index in [1.807, 2.05) is 19.9 Å². The van der Waals surface area contributed by atoms with Crippen LogP contribution in [0.5, 0.6) is 0 Å². The van der Waals surface area contributed by atoms with Gasteiger partial charge in [-0.1, -0.05) is 0 Å². The molecule has 0 N–H and O–H groups in total. The van der Waals surface area contributed by atoms with Gasteiger partial charge in [0.15, 0.2) is 0 Å². The van der Waals surface area contributed by atoms with Gasteiger partial charge in [-0.25, -0.2) is 9.78 Å². The van der Waals surface area contributed by atoms with E-state index in [9.17, 15) is 4.79 Å². The summed E-state index contributed by atoms with van der Waals surface area (Å²) < 4.78 is 6.08. The standard InChI is InChI=1S/C13H17BrN2O2/c1-3-18-13(17)11-5-4-6-16(11)12-9(2)7-10(14)8-15-12/h7-8,11H,3-6H2,1-2H3. The van der Waals surface area contributed by atoms with Crippen molar-refractivity contribution in [3.8, 4) is 0 Å². The van der Waals surface area contributed by atoms with Crippen LogP contribution in [0.1, 0.15) is 25.3 Å². The smallest absolute Gasteiger partial charge is 0.328 e. The Morgan fingerprint density at radius 1 is 1.67 bits per heavy atom. The van der Waals surface area contributed by atoms with Gasteiger partial charge in [0.25, 0.3) is 0 Å². The summed E-state index contributed by atoms with van der Waals surface area (Å²) in [5.74, 6) is 0.743. The maximum atomic E-state index is 11.9. The van der Waals surface area contributed by atoms with Crippen molar-refractivity contribution in [3.63, 3.8) is 0 Å². The maximum Gasteiger partial charge on any atom is 0.328 e. The quantitative estimate of drug-likeness (QED) is 0.805. The Bertz CT molecular complexity index is 451. The molecule has 0 aromatic carbocycles. The first kappa shape index (κ1) is 13.3. The summed E-state index contributed by atoms with van der Waals surface area (Å²) in [5, 5.41) is 0. The lowest BCUT2D eigenvalue weighted by Gasteiger charge is -2.25. The molecule has 4 nitrogen and oxygen atoms in total. The molecule has 0 saturated carbocycles. The van der Waals surface area contributed by atoms with Crippen molar-refractivity contribution in [1.82, 2.24) is 4.98 Å². The monoisotopic (exact) mass is 312 g/mol. The van der Waals surface area contributed by atoms with Gasteiger partial charge in [-0.2, -0.15) is 0 Å². The Kier molecular flexibility index (Phi) is 4.22. The molecule has 0 aliphatic carbocycles. The van der Waals surface area contributed by atoms with Gasteiger partial charge in [0.2, 0.25) is 0 Å². The van der Waals surface area contributed by atoms with Gasteiger partial charge in [-0.05, 0) is 54.2 Å². The van der Waals surface area contributed by atoms with Crippen LogP contribution < -0.4 is 4.90 Å². The molecule has 1 unspecified atom stereocenters. The number of nitrogens with zero attached hydrogens (tertiary/aromatic N) is 2. The van der Waals surface area contributed by atoms with Crippen LogP contribution in [0.15, 0.2) is 16.7 Å². The number of rotatable bonds is 3. The molecule has 1 aliphatic rings. The van der Waals surface area contributed by atoms with E-state index in [2.05, 4.69) is 25.8 Å². The van der Waals surface area contributed by atoms with Crippen LogP contribution in [0.25, 0.3) is 0 Å². The van der Waals surface area contributed by atoms with E-state index in [-0.39, 0.29) is 12.0 Å². The van der Waals surface area contributed by atoms with Crippen LogP contribution in [0.3, 0.4) is 0 Å². The zero-order valence-corrected chi connectivity index (χ0v) is 12.2. The molecule has 1 aromatic rings. The molecular weight excluding hydrogens is 296 g/mol. The Balaban J connectivity index is 2.23. The van der Waals surface area contributed by atoms with Gasteiger partial charge in [-0.3, -0.25) is 0 Å². The molecule has 98 valence electrons. The number of hydrogen-bond donors (Lipinski definition) is 0. The summed E-state index contributed by atoms with van der Waals surface area (Å²) in [4.78, 5) is 18.4. The molecule has 0 spiro atoms. The van der Waals surface area contributed by atoms with Crippen molar-refractivity contribution in [2.75, 3.05) is 18.1 Å². The minimum absolute atomic E-state index is 0.140. The van der Waals surface area contributed by atoms with E-state index in [0.717, 1.165) is 35.2 Å². The SMILES string of the molecule is CCOC(=O)C1CCCN1c1ncc(Br)cc1C. The Hall–Kier alpha value is -1.10. The molecule has 2 heterocycles. The molecule has 1 atom stereocenters. The van der Waals surface area contributed by atoms with Crippen LogP contribution in [-0.4, -0.2) is 30.1 Å². The molecule has 1 fully saturated rings. The molecule has 0 bridgehead atoms. The highest BCUT2D eigenvalue weighted by Gasteiger charge is 2.33. The Morgan fingerprint density at radius 3 is 3.11 bits per heavy atom. The van der Waals surface area contributed by atoms with Crippen LogP contribution in [-0.2, 0) is 9.53 Å². The van der Waals surface area contributed by atoms with Gasteiger partial charge in [0.05, 0.1) is 6.61 Å². The second kappa shape index (κ2) is 5.69. The van der Waals surface area contributed by atoms with Gasteiger partial charge >= 0.3 is 5.97 Å². The van der Waals surface area contributed by atoms with Crippen LogP contribution in [0.4, 0.5) is 5.82 Å². The fourth-order valence-corrected chi connectivity index (χ4v) is 2.78. The number of pyridine rings is 1. The second-order valence-corrected chi connectivity index (χ2v) is 5.31. The highest BCUT2D eigenvalue weighted by molar-refractivity contribution is 9.10. The zero-order chi connectivity index (χ0) is 13.1. The predicted molar refractivity (Wildman–Crippen MR) is 73.7 cm³/mol. The van der Waals surface area contributed by atoms with E-state index in [0.29, 0.717) is 6.61 Å². The third-order valence-corrected chi connectivity index (χ3v) is 3.53. The fourth-order valence-electron chi connectivity index (χ4n) is 2.34. The normalized spacial score (nSPS) is 19.1. The topological polar surface area (TPSA) is 42.4 Å². The van der Waals surface area contributed by atoms with Gasteiger partial charge in [0.1, 0.15) is 11.9 Å². The van der Waals surface area contributed by atoms with Gasteiger partial charge in [-0.15, -0.1) is 0 Å². The molecule has 5 heteroatoms. The lowest BCUT2D eigenvalue weighted by atomic mass is 10.2. The Morgan fingerprint density at radius 2 is 2.44 bits per heavy atom. The first-order valence-corrected chi connectivity index (χ1v) is 6.98. The number of anilines is 1. The number of ether oxygens (including phenoxy) is 1. The van der Waals surface area contributed by atoms with Crippen LogP contribution in [0, 0.1) is 6.92 Å². The van der Waals surface area contributed by atoms with Crippen LogP contribution >= 0.6 is 15.9 Å². The number of hydrogen-bond acceptors (Lipinski definition) is 4. The maximum absolute atomic E-state index is 11.9. The van der Waals surface area contributed by atoms with E-state index in [4.69, 9.17) is 4.74 Å². The van der Waals surface area contributed by atoms with Crippen molar-refractivity contribution in [3.05, 3.63) is 22.3 Å². The number of halogens is 1. The summed E-state index contributed by atoms with van der Waals surface area (Å²) in [5.41, 5.74) is 1.07. The van der Waals surface area contributed by atoms with Crippen LogP contribution in [0.2, 0.25) is 0 Å². The summed E-state index contributed by atoms with van der Waals surface area (Å²) in [7, 11) is 0. The number of aryl methyl sites for hydroxylation is 1. The molecule has 2 rings (SSSR count). The summed E-state index contributed by atoms with van der Waals surface area (Å²) in [6.07, 6.45) is 3.61. The third-order valence-electron chi connectivity index (χ3n) is 3.10. The molecule has 1 aliphatic heterocycles. The first-order valence-electron chi connectivity index (χ1n) is 6.19. The van der Waals surface area contributed by atoms with Gasteiger partial charge in [0, 0.05) is 17.2 Å². The summed E-state index contributed by atoms with van der Waals surface area (Å²) in [6, 6.07) is 1.83. The van der Waals surface area contributed by atoms with Gasteiger partial charge < -0.3 is 9.64 Å². The predicted octanol–water partition coefficient (Wildman–Crippen LogP) is 2.68. The van der Waals surface area contributed by atoms with Crippen molar-refractivity contribution in [1.29, 1.82) is 0 Å². The molecule has 0 amide bonds. The lowest BCUT2D eigenvalue weighted by molar-refractivity contribution is -0.144. The largest absolute Gasteiger partial charge is 0.464 e. The highest BCUT2D eigenvalue weighted by atomic mass is 79.9. The van der Waals surface area contributed by atoms with E-state index in [1.54, 1.807) is 6.20 Å². The molecular formula is C13H17BrN2O2. The number of esters is 1. The van der Waals surface area contributed by atoms with E-state index >= 15 is 0 Å². The number of carbonyl (C=O) groups excluding carboxylic acids is 1. The average Bonchev–Trinajstić information content (AvgIpc) is 2.78. The lowest BCUT2D eigenvalue weighted by Crippen LogP contribution is -2.38. The highest BCUT2D eigenvalue weighted by Crippen LogP contribution is 2.28. The van der Waals surface area contributed by atoms with Crippen molar-refractivity contribution >= 4 is 27.7 Å². The molecule has 1 aromatic heterocycles. The molecule has 0 radical (unpaired) electrons. The minimum Gasteiger partial charge on any atom is -0.464 e. The second-order valence-electron chi connectivity index (χ2n) is 4.40. The third kappa shape index (κ3) is 2.66. The average molecular weight is 313 g/mol. The number of aromatic nitrogens is 1. The van der Waals surface area contributed by atoms with E-state index in [1.165, 1.54) is 0 Å². The van der Waals surface area contributed by atoms with Crippen molar-refractivity contribution < 1.29 is 9.53 Å². The zero-order valence-electron chi connectivity index (χ0n) is 10.6. The first-order chi connectivity index (χ1) is 8.63.